The Bertz CT molecular complexity index is 856. The molecule has 2 aromatic carbocycles. The summed E-state index contributed by atoms with van der Waals surface area (Å²) in [6.07, 6.45) is 2.65. The smallest absolute Gasteiger partial charge is 0.270 e. The highest BCUT2D eigenvalue weighted by atomic mass is 16.6. The average Bonchev–Trinajstić information content (AvgIpc) is 3.02. The van der Waals surface area contributed by atoms with Crippen LogP contribution in [-0.2, 0) is 13.5 Å². The minimum absolute atomic E-state index is 0.0896. The fourth-order valence-electron chi connectivity index (χ4n) is 2.88. The first-order valence-corrected chi connectivity index (χ1v) is 7.87. The number of aryl methyl sites for hydroxylation is 1. The zero-order chi connectivity index (χ0) is 17.1. The normalized spacial score (nSPS) is 12.1. The van der Waals surface area contributed by atoms with E-state index in [2.05, 4.69) is 24.2 Å². The van der Waals surface area contributed by atoms with Crippen molar-refractivity contribution in [2.24, 2.45) is 7.05 Å². The highest BCUT2D eigenvalue weighted by Gasteiger charge is 2.16. The first kappa shape index (κ1) is 15.9. The minimum Gasteiger partial charge on any atom is -0.275 e. The van der Waals surface area contributed by atoms with Crippen LogP contribution in [0.1, 0.15) is 24.0 Å². The number of rotatable bonds is 5. The molecule has 0 saturated carbocycles. The Hall–Kier alpha value is -2.95. The molecule has 0 N–H and O–H groups in total. The van der Waals surface area contributed by atoms with Gasteiger partial charge in [-0.05, 0) is 29.5 Å². The molecule has 0 aliphatic rings. The van der Waals surface area contributed by atoms with E-state index in [0.29, 0.717) is 5.92 Å². The van der Waals surface area contributed by atoms with Crippen LogP contribution in [0.15, 0.2) is 60.8 Å². The maximum Gasteiger partial charge on any atom is 0.270 e. The number of aromatic nitrogens is 2. The Kier molecular flexibility index (Phi) is 4.42. The Labute approximate surface area is 140 Å². The van der Waals surface area contributed by atoms with Crippen LogP contribution in [0.25, 0.3) is 11.3 Å². The molecule has 0 fully saturated rings. The van der Waals surface area contributed by atoms with Crippen LogP contribution < -0.4 is 0 Å². The third-order valence-electron chi connectivity index (χ3n) is 4.19. The first-order chi connectivity index (χ1) is 11.5. The Balaban J connectivity index is 1.99. The summed E-state index contributed by atoms with van der Waals surface area (Å²) < 4.78 is 1.71. The van der Waals surface area contributed by atoms with Crippen LogP contribution in [0.4, 0.5) is 5.69 Å². The molecule has 0 radical (unpaired) electrons. The zero-order valence-corrected chi connectivity index (χ0v) is 13.7. The molecule has 0 aliphatic carbocycles. The Morgan fingerprint density at radius 3 is 2.54 bits per heavy atom. The van der Waals surface area contributed by atoms with E-state index in [0.717, 1.165) is 23.2 Å². The molecule has 5 nitrogen and oxygen atoms in total. The number of benzene rings is 2. The van der Waals surface area contributed by atoms with Crippen molar-refractivity contribution in [3.05, 3.63) is 82.0 Å². The minimum atomic E-state index is -0.364. The van der Waals surface area contributed by atoms with Gasteiger partial charge in [0.2, 0.25) is 0 Å². The summed E-state index contributed by atoms with van der Waals surface area (Å²) in [6, 6.07) is 17.2. The maximum absolute atomic E-state index is 11.1. The summed E-state index contributed by atoms with van der Waals surface area (Å²) in [6.45, 7) is 2.17. The van der Waals surface area contributed by atoms with Gasteiger partial charge in [0.25, 0.3) is 5.69 Å². The maximum atomic E-state index is 11.1. The van der Waals surface area contributed by atoms with Gasteiger partial charge in [0.1, 0.15) is 0 Å². The van der Waals surface area contributed by atoms with Crippen molar-refractivity contribution in [2.45, 2.75) is 19.3 Å². The van der Waals surface area contributed by atoms with Gasteiger partial charge in [-0.1, -0.05) is 43.3 Å². The van der Waals surface area contributed by atoms with Gasteiger partial charge in [-0.2, -0.15) is 5.10 Å². The highest BCUT2D eigenvalue weighted by molar-refractivity contribution is 5.67. The number of hydrogen-bond donors (Lipinski definition) is 0. The summed E-state index contributed by atoms with van der Waals surface area (Å²) in [4.78, 5) is 10.8. The molecule has 5 heteroatoms. The number of nitrogens with zero attached hydrogens (tertiary/aromatic N) is 3. The van der Waals surface area contributed by atoms with E-state index in [4.69, 9.17) is 0 Å². The SMILES string of the molecule is CC(Cc1ccc([N+](=O)[O-])cc1-c1ccn(C)n1)c1ccccc1. The number of hydrogen-bond acceptors (Lipinski definition) is 3. The predicted octanol–water partition coefficient (Wildman–Crippen LogP) is 4.34. The Morgan fingerprint density at radius 1 is 1.17 bits per heavy atom. The molecule has 0 amide bonds. The lowest BCUT2D eigenvalue weighted by Crippen LogP contribution is -2.01. The van der Waals surface area contributed by atoms with Gasteiger partial charge in [-0.3, -0.25) is 14.8 Å². The number of nitro groups is 1. The molecule has 3 aromatic rings. The van der Waals surface area contributed by atoms with E-state index in [1.807, 2.05) is 43.6 Å². The molecule has 0 spiro atoms. The lowest BCUT2D eigenvalue weighted by atomic mass is 9.90. The third-order valence-corrected chi connectivity index (χ3v) is 4.19. The van der Waals surface area contributed by atoms with Crippen molar-refractivity contribution in [3.8, 4) is 11.3 Å². The summed E-state index contributed by atoms with van der Waals surface area (Å²) in [7, 11) is 1.84. The van der Waals surface area contributed by atoms with E-state index in [1.165, 1.54) is 5.56 Å². The lowest BCUT2D eigenvalue weighted by Gasteiger charge is -2.14. The molecule has 1 unspecified atom stereocenters. The standard InChI is InChI=1S/C19H19N3O2/c1-14(15-6-4-3-5-7-15)12-16-8-9-17(22(23)24)13-18(16)19-10-11-21(2)20-19/h3-11,13-14H,12H2,1-2H3. The molecular formula is C19H19N3O2. The van der Waals surface area contributed by atoms with Crippen LogP contribution >= 0.6 is 0 Å². The van der Waals surface area contributed by atoms with Crippen molar-refractivity contribution >= 4 is 5.69 Å². The number of nitro benzene ring substituents is 1. The van der Waals surface area contributed by atoms with E-state index in [1.54, 1.807) is 16.8 Å². The summed E-state index contributed by atoms with van der Waals surface area (Å²) in [5.74, 6) is 0.315. The largest absolute Gasteiger partial charge is 0.275 e. The van der Waals surface area contributed by atoms with Crippen molar-refractivity contribution < 1.29 is 4.92 Å². The summed E-state index contributed by atoms with van der Waals surface area (Å²) in [5.41, 5.74) is 3.99. The van der Waals surface area contributed by atoms with Gasteiger partial charge in [0.05, 0.1) is 10.6 Å². The fraction of sp³-hybridized carbons (Fsp3) is 0.211. The van der Waals surface area contributed by atoms with E-state index < -0.39 is 0 Å². The van der Waals surface area contributed by atoms with Gasteiger partial charge in [0.15, 0.2) is 0 Å². The van der Waals surface area contributed by atoms with Crippen molar-refractivity contribution in [1.29, 1.82) is 0 Å². The predicted molar refractivity (Wildman–Crippen MR) is 93.9 cm³/mol. The van der Waals surface area contributed by atoms with Gasteiger partial charge < -0.3 is 0 Å². The molecule has 0 aliphatic heterocycles. The molecule has 3 rings (SSSR count). The monoisotopic (exact) mass is 321 g/mol. The molecule has 24 heavy (non-hydrogen) atoms. The van der Waals surface area contributed by atoms with E-state index in [9.17, 15) is 10.1 Å². The van der Waals surface area contributed by atoms with Crippen LogP contribution in [0.3, 0.4) is 0 Å². The summed E-state index contributed by atoms with van der Waals surface area (Å²) in [5, 5.41) is 15.5. The van der Waals surface area contributed by atoms with E-state index in [-0.39, 0.29) is 10.6 Å². The van der Waals surface area contributed by atoms with E-state index >= 15 is 0 Å². The van der Waals surface area contributed by atoms with Crippen LogP contribution in [0.2, 0.25) is 0 Å². The molecule has 1 aromatic heterocycles. The zero-order valence-electron chi connectivity index (χ0n) is 13.7. The van der Waals surface area contributed by atoms with Crippen molar-refractivity contribution in [2.75, 3.05) is 0 Å². The van der Waals surface area contributed by atoms with Crippen LogP contribution in [0, 0.1) is 10.1 Å². The van der Waals surface area contributed by atoms with Gasteiger partial charge in [-0.15, -0.1) is 0 Å². The second kappa shape index (κ2) is 6.66. The topological polar surface area (TPSA) is 61.0 Å². The van der Waals surface area contributed by atoms with Gasteiger partial charge >= 0.3 is 0 Å². The quantitative estimate of drug-likeness (QED) is 0.519. The molecule has 122 valence electrons. The number of non-ortho nitro benzene ring substituents is 1. The van der Waals surface area contributed by atoms with Gasteiger partial charge in [-0.25, -0.2) is 0 Å². The first-order valence-electron chi connectivity index (χ1n) is 7.87. The lowest BCUT2D eigenvalue weighted by molar-refractivity contribution is -0.384. The van der Waals surface area contributed by atoms with Crippen LogP contribution in [-0.4, -0.2) is 14.7 Å². The summed E-state index contributed by atoms with van der Waals surface area (Å²) >= 11 is 0. The molecule has 0 saturated heterocycles. The molecule has 1 atom stereocenters. The van der Waals surface area contributed by atoms with Crippen molar-refractivity contribution in [3.63, 3.8) is 0 Å². The second-order valence-electron chi connectivity index (χ2n) is 5.99. The Morgan fingerprint density at radius 2 is 1.92 bits per heavy atom. The average molecular weight is 321 g/mol. The molecule has 1 heterocycles. The van der Waals surface area contributed by atoms with Gasteiger partial charge in [0, 0.05) is 30.9 Å². The van der Waals surface area contributed by atoms with Crippen LogP contribution in [0.5, 0.6) is 0 Å². The van der Waals surface area contributed by atoms with Crippen molar-refractivity contribution in [1.82, 2.24) is 9.78 Å². The molecule has 0 bridgehead atoms. The molecular weight excluding hydrogens is 302 g/mol. The second-order valence-corrected chi connectivity index (χ2v) is 5.99. The third kappa shape index (κ3) is 3.35. The highest BCUT2D eigenvalue weighted by Crippen LogP contribution is 2.30. The fourth-order valence-corrected chi connectivity index (χ4v) is 2.88.